The number of hydrogen-bond donors (Lipinski definition) is 2. The minimum atomic E-state index is -0.151. The van der Waals surface area contributed by atoms with Gasteiger partial charge >= 0.3 is 0 Å². The van der Waals surface area contributed by atoms with Crippen molar-refractivity contribution in [3.05, 3.63) is 24.0 Å². The Balaban J connectivity index is 2.10. The fourth-order valence-corrected chi connectivity index (χ4v) is 1.61. The molecule has 0 unspecified atom stereocenters. The van der Waals surface area contributed by atoms with Gasteiger partial charge in [-0.15, -0.1) is 0 Å². The van der Waals surface area contributed by atoms with Gasteiger partial charge in [0.15, 0.2) is 0 Å². The Labute approximate surface area is 99.2 Å². The summed E-state index contributed by atoms with van der Waals surface area (Å²) in [6.07, 6.45) is 0. The van der Waals surface area contributed by atoms with Crippen LogP contribution in [0.15, 0.2) is 18.2 Å². The topological polar surface area (TPSA) is 67.0 Å². The molecule has 0 saturated heterocycles. The first-order chi connectivity index (χ1) is 8.19. The van der Waals surface area contributed by atoms with Crippen molar-refractivity contribution in [2.24, 2.45) is 0 Å². The van der Waals surface area contributed by atoms with E-state index in [1.54, 1.807) is 0 Å². The fourth-order valence-electron chi connectivity index (χ4n) is 1.61. The molecule has 0 spiro atoms. The Hall–Kier alpha value is -1.88. The maximum atomic E-state index is 11.5. The molecule has 0 fully saturated rings. The zero-order valence-electron chi connectivity index (χ0n) is 9.91. The zero-order valence-corrected chi connectivity index (χ0v) is 9.91. The predicted molar refractivity (Wildman–Crippen MR) is 66.0 cm³/mol. The standard InChI is InChI=1S/C12H15N3O2/c1-3-17-7-12(16)15-9-4-5-10-11(6-9)14-8(2)13-10/h4-6H,3,7H2,1-2H3,(H,13,14)(H,15,16). The van der Waals surface area contributed by atoms with Gasteiger partial charge in [-0.05, 0) is 32.0 Å². The van der Waals surface area contributed by atoms with Gasteiger partial charge in [-0.2, -0.15) is 0 Å². The molecule has 0 aliphatic heterocycles. The number of aromatic amines is 1. The number of carbonyl (C=O) groups excluding carboxylic acids is 1. The van der Waals surface area contributed by atoms with E-state index < -0.39 is 0 Å². The molecule has 1 amide bonds. The molecule has 1 aromatic heterocycles. The number of amides is 1. The number of aryl methyl sites for hydroxylation is 1. The molecule has 5 heteroatoms. The van der Waals surface area contributed by atoms with Crippen molar-refractivity contribution in [2.45, 2.75) is 13.8 Å². The van der Waals surface area contributed by atoms with Crippen LogP contribution in [0.4, 0.5) is 5.69 Å². The summed E-state index contributed by atoms with van der Waals surface area (Å²) in [7, 11) is 0. The van der Waals surface area contributed by atoms with Gasteiger partial charge in [0, 0.05) is 12.3 Å². The molecule has 0 aliphatic carbocycles. The second-order valence-corrected chi connectivity index (χ2v) is 3.74. The van der Waals surface area contributed by atoms with E-state index >= 15 is 0 Å². The molecule has 2 aromatic rings. The average molecular weight is 233 g/mol. The monoisotopic (exact) mass is 233 g/mol. The van der Waals surface area contributed by atoms with E-state index in [1.165, 1.54) is 0 Å². The van der Waals surface area contributed by atoms with E-state index in [0.29, 0.717) is 6.61 Å². The highest BCUT2D eigenvalue weighted by Crippen LogP contribution is 2.16. The number of rotatable bonds is 4. The quantitative estimate of drug-likeness (QED) is 0.846. The van der Waals surface area contributed by atoms with E-state index in [-0.39, 0.29) is 12.5 Å². The van der Waals surface area contributed by atoms with Crippen molar-refractivity contribution >= 4 is 22.6 Å². The lowest BCUT2D eigenvalue weighted by molar-refractivity contribution is -0.120. The van der Waals surface area contributed by atoms with Crippen molar-refractivity contribution < 1.29 is 9.53 Å². The number of anilines is 1. The lowest BCUT2D eigenvalue weighted by Gasteiger charge is -2.04. The van der Waals surface area contributed by atoms with Crippen LogP contribution in [-0.2, 0) is 9.53 Å². The predicted octanol–water partition coefficient (Wildman–Crippen LogP) is 1.85. The molecular weight excluding hydrogens is 218 g/mol. The Morgan fingerprint density at radius 1 is 1.53 bits per heavy atom. The van der Waals surface area contributed by atoms with Crippen LogP contribution >= 0.6 is 0 Å². The number of H-pyrrole nitrogens is 1. The lowest BCUT2D eigenvalue weighted by Crippen LogP contribution is -2.18. The van der Waals surface area contributed by atoms with Gasteiger partial charge in [0.1, 0.15) is 12.4 Å². The zero-order chi connectivity index (χ0) is 12.3. The second-order valence-electron chi connectivity index (χ2n) is 3.74. The number of fused-ring (bicyclic) bond motifs is 1. The van der Waals surface area contributed by atoms with Gasteiger partial charge < -0.3 is 15.0 Å². The number of nitrogens with one attached hydrogen (secondary N) is 2. The van der Waals surface area contributed by atoms with Crippen molar-refractivity contribution in [2.75, 3.05) is 18.5 Å². The van der Waals surface area contributed by atoms with Crippen LogP contribution in [0, 0.1) is 6.92 Å². The van der Waals surface area contributed by atoms with Gasteiger partial charge in [0.05, 0.1) is 11.0 Å². The maximum Gasteiger partial charge on any atom is 0.250 e. The highest BCUT2D eigenvalue weighted by Gasteiger charge is 2.04. The van der Waals surface area contributed by atoms with Crippen LogP contribution in [0.3, 0.4) is 0 Å². The molecule has 0 radical (unpaired) electrons. The first kappa shape index (κ1) is 11.6. The molecule has 5 nitrogen and oxygen atoms in total. The molecule has 0 aliphatic rings. The first-order valence-corrected chi connectivity index (χ1v) is 5.53. The molecule has 2 rings (SSSR count). The number of imidazole rings is 1. The summed E-state index contributed by atoms with van der Waals surface area (Å²) in [6.45, 7) is 4.36. The minimum absolute atomic E-state index is 0.0799. The van der Waals surface area contributed by atoms with E-state index in [0.717, 1.165) is 22.5 Å². The minimum Gasteiger partial charge on any atom is -0.372 e. The van der Waals surface area contributed by atoms with Crippen LogP contribution in [-0.4, -0.2) is 29.1 Å². The van der Waals surface area contributed by atoms with E-state index in [1.807, 2.05) is 32.0 Å². The Kier molecular flexibility index (Phi) is 3.39. The molecule has 90 valence electrons. The molecular formula is C12H15N3O2. The van der Waals surface area contributed by atoms with Gasteiger partial charge in [0.2, 0.25) is 5.91 Å². The third-order valence-electron chi connectivity index (χ3n) is 2.32. The van der Waals surface area contributed by atoms with Crippen molar-refractivity contribution in [1.29, 1.82) is 0 Å². The lowest BCUT2D eigenvalue weighted by atomic mass is 10.3. The van der Waals surface area contributed by atoms with Gasteiger partial charge in [-0.3, -0.25) is 4.79 Å². The number of carbonyl (C=O) groups is 1. The summed E-state index contributed by atoms with van der Waals surface area (Å²) < 4.78 is 5.03. The van der Waals surface area contributed by atoms with Crippen molar-refractivity contribution in [3.8, 4) is 0 Å². The van der Waals surface area contributed by atoms with Crippen molar-refractivity contribution in [1.82, 2.24) is 9.97 Å². The molecule has 0 atom stereocenters. The summed E-state index contributed by atoms with van der Waals surface area (Å²) in [5.74, 6) is 0.709. The number of benzene rings is 1. The van der Waals surface area contributed by atoms with Crippen LogP contribution in [0.2, 0.25) is 0 Å². The summed E-state index contributed by atoms with van der Waals surface area (Å²) in [6, 6.07) is 5.56. The largest absolute Gasteiger partial charge is 0.372 e. The van der Waals surface area contributed by atoms with Crippen LogP contribution in [0.5, 0.6) is 0 Å². The molecule has 0 bridgehead atoms. The molecule has 1 aromatic carbocycles. The third-order valence-corrected chi connectivity index (χ3v) is 2.32. The summed E-state index contributed by atoms with van der Waals surface area (Å²) >= 11 is 0. The first-order valence-electron chi connectivity index (χ1n) is 5.53. The number of hydrogen-bond acceptors (Lipinski definition) is 3. The smallest absolute Gasteiger partial charge is 0.250 e. The van der Waals surface area contributed by atoms with Gasteiger partial charge in [-0.1, -0.05) is 0 Å². The van der Waals surface area contributed by atoms with Gasteiger partial charge in [0.25, 0.3) is 0 Å². The Morgan fingerprint density at radius 2 is 2.35 bits per heavy atom. The van der Waals surface area contributed by atoms with Gasteiger partial charge in [-0.25, -0.2) is 4.98 Å². The summed E-state index contributed by atoms with van der Waals surface area (Å²) in [4.78, 5) is 18.9. The van der Waals surface area contributed by atoms with E-state index in [2.05, 4.69) is 15.3 Å². The second kappa shape index (κ2) is 4.97. The van der Waals surface area contributed by atoms with Crippen LogP contribution in [0.25, 0.3) is 11.0 Å². The third kappa shape index (κ3) is 2.82. The van der Waals surface area contributed by atoms with E-state index in [4.69, 9.17) is 4.74 Å². The number of aromatic nitrogens is 2. The molecule has 0 saturated carbocycles. The van der Waals surface area contributed by atoms with Crippen LogP contribution in [0.1, 0.15) is 12.7 Å². The molecule has 1 heterocycles. The maximum absolute atomic E-state index is 11.5. The van der Waals surface area contributed by atoms with E-state index in [9.17, 15) is 4.79 Å². The average Bonchev–Trinajstić information content (AvgIpc) is 2.65. The highest BCUT2D eigenvalue weighted by atomic mass is 16.5. The van der Waals surface area contributed by atoms with Crippen LogP contribution < -0.4 is 5.32 Å². The SMILES string of the molecule is CCOCC(=O)Nc1ccc2nc(C)[nH]c2c1. The molecule has 2 N–H and O–H groups in total. The Morgan fingerprint density at radius 3 is 3.12 bits per heavy atom. The summed E-state index contributed by atoms with van der Waals surface area (Å²) in [5.41, 5.74) is 2.55. The fraction of sp³-hybridized carbons (Fsp3) is 0.333. The Bertz CT molecular complexity index is 534. The normalized spacial score (nSPS) is 10.7. The highest BCUT2D eigenvalue weighted by molar-refractivity contribution is 5.93. The number of nitrogens with zero attached hydrogens (tertiary/aromatic N) is 1. The molecule has 17 heavy (non-hydrogen) atoms. The van der Waals surface area contributed by atoms with Crippen molar-refractivity contribution in [3.63, 3.8) is 0 Å². The summed E-state index contributed by atoms with van der Waals surface area (Å²) in [5, 5.41) is 2.77. The number of ether oxygens (including phenoxy) is 1.